The Morgan fingerprint density at radius 2 is 1.59 bits per heavy atom. The first-order valence-electron chi connectivity index (χ1n) is 8.18. The van der Waals surface area contributed by atoms with Crippen LogP contribution < -0.4 is 9.47 Å². The highest BCUT2D eigenvalue weighted by Crippen LogP contribution is 2.34. The highest BCUT2D eigenvalue weighted by Gasteiger charge is 2.16. The summed E-state index contributed by atoms with van der Waals surface area (Å²) in [5, 5.41) is 0. The summed E-state index contributed by atoms with van der Waals surface area (Å²) in [7, 11) is 0. The molecule has 0 aliphatic carbocycles. The molecule has 0 aliphatic rings. The van der Waals surface area contributed by atoms with E-state index in [9.17, 15) is 4.39 Å². The Labute approximate surface area is 134 Å². The zero-order valence-corrected chi connectivity index (χ0v) is 14.2. The lowest BCUT2D eigenvalue weighted by Gasteiger charge is -2.16. The molecule has 0 aliphatic heterocycles. The van der Waals surface area contributed by atoms with Gasteiger partial charge in [-0.3, -0.25) is 0 Å². The second-order valence-electron chi connectivity index (χ2n) is 5.33. The first-order chi connectivity index (χ1) is 10.6. The summed E-state index contributed by atoms with van der Waals surface area (Å²) >= 11 is 0. The maximum absolute atomic E-state index is 14.4. The molecule has 1 atom stereocenters. The standard InChI is InChI=1S/C19H27FO2/c1-5-8-9-10-15(4)16-13-18(21-11-6-2)19(14-17(16)20)22-12-7-3/h13-15H,5-7,10-12H2,1-4H3. The van der Waals surface area contributed by atoms with Gasteiger partial charge in [-0.1, -0.05) is 27.7 Å². The van der Waals surface area contributed by atoms with Crippen molar-refractivity contribution in [2.24, 2.45) is 0 Å². The average molecular weight is 306 g/mol. The third-order valence-corrected chi connectivity index (χ3v) is 3.23. The number of benzene rings is 1. The molecule has 0 heterocycles. The van der Waals surface area contributed by atoms with Gasteiger partial charge in [0.1, 0.15) is 5.82 Å². The van der Waals surface area contributed by atoms with E-state index in [2.05, 4.69) is 11.8 Å². The molecule has 1 aromatic rings. The molecule has 0 aromatic heterocycles. The summed E-state index contributed by atoms with van der Waals surface area (Å²) in [6.07, 6.45) is 3.24. The molecule has 0 bridgehead atoms. The summed E-state index contributed by atoms with van der Waals surface area (Å²) in [6.45, 7) is 9.20. The Hall–Kier alpha value is -1.69. The minimum Gasteiger partial charge on any atom is -0.490 e. The second-order valence-corrected chi connectivity index (χ2v) is 5.33. The molecule has 0 spiro atoms. The zero-order valence-electron chi connectivity index (χ0n) is 14.2. The number of hydrogen-bond donors (Lipinski definition) is 0. The lowest BCUT2D eigenvalue weighted by atomic mass is 9.97. The predicted molar refractivity (Wildman–Crippen MR) is 89.1 cm³/mol. The lowest BCUT2D eigenvalue weighted by molar-refractivity contribution is 0.266. The van der Waals surface area contributed by atoms with Gasteiger partial charge in [-0.2, -0.15) is 0 Å². The molecule has 0 N–H and O–H groups in total. The predicted octanol–water partition coefficient (Wildman–Crippen LogP) is 5.31. The lowest BCUT2D eigenvalue weighted by Crippen LogP contribution is -2.05. The fraction of sp³-hybridized carbons (Fsp3) is 0.579. The minimum atomic E-state index is -0.249. The van der Waals surface area contributed by atoms with Crippen LogP contribution in [0.2, 0.25) is 0 Å². The summed E-state index contributed by atoms with van der Waals surface area (Å²) in [6, 6.07) is 3.22. The van der Waals surface area contributed by atoms with Gasteiger partial charge in [0.2, 0.25) is 0 Å². The Balaban J connectivity index is 3.01. The van der Waals surface area contributed by atoms with Gasteiger partial charge in [0.25, 0.3) is 0 Å². The van der Waals surface area contributed by atoms with Gasteiger partial charge in [0.15, 0.2) is 11.5 Å². The van der Waals surface area contributed by atoms with E-state index in [0.717, 1.165) is 19.3 Å². The number of ether oxygens (including phenoxy) is 2. The fourth-order valence-corrected chi connectivity index (χ4v) is 2.04. The molecule has 0 saturated carbocycles. The van der Waals surface area contributed by atoms with Crippen LogP contribution in [0.15, 0.2) is 12.1 Å². The van der Waals surface area contributed by atoms with E-state index in [4.69, 9.17) is 9.47 Å². The molecule has 22 heavy (non-hydrogen) atoms. The Morgan fingerprint density at radius 3 is 2.14 bits per heavy atom. The summed E-state index contributed by atoms with van der Waals surface area (Å²) in [5.74, 6) is 7.01. The molecule has 1 aromatic carbocycles. The topological polar surface area (TPSA) is 18.5 Å². The van der Waals surface area contributed by atoms with Crippen LogP contribution in [0.5, 0.6) is 11.5 Å². The first kappa shape index (κ1) is 18.4. The highest BCUT2D eigenvalue weighted by molar-refractivity contribution is 5.45. The minimum absolute atomic E-state index is 0.0308. The van der Waals surface area contributed by atoms with Crippen LogP contribution in [-0.4, -0.2) is 13.2 Å². The third-order valence-electron chi connectivity index (χ3n) is 3.23. The molecular weight excluding hydrogens is 279 g/mol. The molecule has 0 amide bonds. The maximum Gasteiger partial charge on any atom is 0.164 e. The van der Waals surface area contributed by atoms with Crippen molar-refractivity contribution in [3.05, 3.63) is 23.5 Å². The van der Waals surface area contributed by atoms with Gasteiger partial charge in [0.05, 0.1) is 13.2 Å². The van der Waals surface area contributed by atoms with E-state index in [1.807, 2.05) is 27.7 Å². The SMILES string of the molecule is CCC#CCC(C)c1cc(OCCC)c(OCCC)cc1F. The van der Waals surface area contributed by atoms with E-state index < -0.39 is 0 Å². The molecule has 1 unspecified atom stereocenters. The van der Waals surface area contributed by atoms with Crippen LogP contribution >= 0.6 is 0 Å². The van der Waals surface area contributed by atoms with Crippen LogP contribution in [0.1, 0.15) is 64.9 Å². The smallest absolute Gasteiger partial charge is 0.164 e. The molecule has 0 radical (unpaired) electrons. The Kier molecular flexibility index (Phi) is 8.43. The van der Waals surface area contributed by atoms with Crippen molar-refractivity contribution >= 4 is 0 Å². The van der Waals surface area contributed by atoms with Gasteiger partial charge in [-0.05, 0) is 30.4 Å². The Morgan fingerprint density at radius 1 is 1.00 bits per heavy atom. The zero-order chi connectivity index (χ0) is 16.4. The van der Waals surface area contributed by atoms with E-state index in [1.165, 1.54) is 6.07 Å². The molecule has 122 valence electrons. The second kappa shape index (κ2) is 10.1. The normalized spacial score (nSPS) is 11.5. The largest absolute Gasteiger partial charge is 0.490 e. The highest BCUT2D eigenvalue weighted by atomic mass is 19.1. The van der Waals surface area contributed by atoms with Crippen molar-refractivity contribution in [2.75, 3.05) is 13.2 Å². The monoisotopic (exact) mass is 306 g/mol. The van der Waals surface area contributed by atoms with Gasteiger partial charge in [-0.25, -0.2) is 4.39 Å². The molecule has 2 nitrogen and oxygen atoms in total. The van der Waals surface area contributed by atoms with Crippen LogP contribution in [0.3, 0.4) is 0 Å². The average Bonchev–Trinajstić information content (AvgIpc) is 2.51. The van der Waals surface area contributed by atoms with Crippen LogP contribution in [0, 0.1) is 17.7 Å². The van der Waals surface area contributed by atoms with Crippen LogP contribution in [-0.2, 0) is 0 Å². The van der Waals surface area contributed by atoms with E-state index >= 15 is 0 Å². The van der Waals surface area contributed by atoms with Crippen molar-refractivity contribution in [1.29, 1.82) is 0 Å². The van der Waals surface area contributed by atoms with Gasteiger partial charge in [0, 0.05) is 18.9 Å². The molecule has 1 rings (SSSR count). The third kappa shape index (κ3) is 5.60. The van der Waals surface area contributed by atoms with Gasteiger partial charge in [-0.15, -0.1) is 11.8 Å². The van der Waals surface area contributed by atoms with Gasteiger partial charge >= 0.3 is 0 Å². The summed E-state index contributed by atoms with van der Waals surface area (Å²) < 4.78 is 25.7. The van der Waals surface area contributed by atoms with E-state index in [1.54, 1.807) is 6.07 Å². The van der Waals surface area contributed by atoms with Crippen molar-refractivity contribution in [2.45, 2.75) is 59.3 Å². The summed E-state index contributed by atoms with van der Waals surface area (Å²) in [5.41, 5.74) is 0.639. The number of rotatable bonds is 8. The quantitative estimate of drug-likeness (QED) is 0.606. The fourth-order valence-electron chi connectivity index (χ4n) is 2.04. The van der Waals surface area contributed by atoms with Gasteiger partial charge < -0.3 is 9.47 Å². The van der Waals surface area contributed by atoms with Crippen molar-refractivity contribution < 1.29 is 13.9 Å². The number of halogens is 1. The van der Waals surface area contributed by atoms with Crippen molar-refractivity contribution in [3.63, 3.8) is 0 Å². The Bertz CT molecular complexity index is 514. The first-order valence-corrected chi connectivity index (χ1v) is 8.18. The van der Waals surface area contributed by atoms with Crippen LogP contribution in [0.4, 0.5) is 4.39 Å². The van der Waals surface area contributed by atoms with Crippen LogP contribution in [0.25, 0.3) is 0 Å². The summed E-state index contributed by atoms with van der Waals surface area (Å²) in [4.78, 5) is 0. The van der Waals surface area contributed by atoms with E-state index in [-0.39, 0.29) is 11.7 Å². The number of hydrogen-bond acceptors (Lipinski definition) is 2. The molecular formula is C19H27FO2. The molecule has 3 heteroatoms. The van der Waals surface area contributed by atoms with Crippen molar-refractivity contribution in [1.82, 2.24) is 0 Å². The maximum atomic E-state index is 14.4. The van der Waals surface area contributed by atoms with Crippen molar-refractivity contribution in [3.8, 4) is 23.3 Å². The van der Waals surface area contributed by atoms with E-state index in [0.29, 0.717) is 36.7 Å². The molecule has 0 fully saturated rings. The molecule has 0 saturated heterocycles.